The Kier molecular flexibility index (Phi) is 3.44. The molecule has 5 atom stereocenters. The maximum absolute atomic E-state index is 13.0. The molecule has 4 heteroatoms. The van der Waals surface area contributed by atoms with Crippen LogP contribution in [0.2, 0.25) is 0 Å². The molecule has 1 amide bonds. The Labute approximate surface area is 130 Å². The number of likely N-dealkylation sites (tertiary alicyclic amines) is 1. The predicted octanol–water partition coefficient (Wildman–Crippen LogP) is 2.55. The van der Waals surface area contributed by atoms with E-state index in [0.29, 0.717) is 13.1 Å². The lowest BCUT2D eigenvalue weighted by atomic mass is 9.75. The molecule has 0 radical (unpaired) electrons. The van der Waals surface area contributed by atoms with Gasteiger partial charge in [-0.2, -0.15) is 0 Å². The number of nitrogens with zero attached hydrogens (tertiary/aromatic N) is 1. The molecule has 2 bridgehead atoms. The summed E-state index contributed by atoms with van der Waals surface area (Å²) >= 11 is 0. The second-order valence-electron chi connectivity index (χ2n) is 7.19. The van der Waals surface area contributed by atoms with E-state index in [2.05, 4.69) is 0 Å². The molecule has 1 saturated heterocycles. The molecule has 3 fully saturated rings. The number of hydrogen-bond acceptors (Lipinski definition) is 2. The predicted molar refractivity (Wildman–Crippen MR) is 80.7 cm³/mol. The molecule has 2 saturated carbocycles. The van der Waals surface area contributed by atoms with Gasteiger partial charge in [0.25, 0.3) is 0 Å². The Morgan fingerprint density at radius 2 is 1.77 bits per heavy atom. The van der Waals surface area contributed by atoms with Crippen LogP contribution in [0.4, 0.5) is 4.39 Å². The van der Waals surface area contributed by atoms with Crippen LogP contribution in [-0.4, -0.2) is 35.1 Å². The molecule has 3 nitrogen and oxygen atoms in total. The number of carbonyl (C=O) groups excluding carboxylic acids is 1. The topological polar surface area (TPSA) is 40.5 Å². The van der Waals surface area contributed by atoms with Crippen LogP contribution in [0.1, 0.15) is 37.2 Å². The van der Waals surface area contributed by atoms with E-state index < -0.39 is 0 Å². The highest BCUT2D eigenvalue weighted by Gasteiger charge is 2.48. The maximum atomic E-state index is 13.0. The van der Waals surface area contributed by atoms with Crippen LogP contribution >= 0.6 is 0 Å². The lowest BCUT2D eigenvalue weighted by Crippen LogP contribution is -2.53. The number of benzene rings is 1. The van der Waals surface area contributed by atoms with Crippen molar-refractivity contribution in [2.75, 3.05) is 13.1 Å². The van der Waals surface area contributed by atoms with Crippen LogP contribution in [0, 0.1) is 23.6 Å². The quantitative estimate of drug-likeness (QED) is 0.912. The summed E-state index contributed by atoms with van der Waals surface area (Å²) in [4.78, 5) is 14.7. The number of rotatable bonds is 2. The van der Waals surface area contributed by atoms with Crippen molar-refractivity contribution < 1.29 is 14.3 Å². The number of piperidine rings is 1. The summed E-state index contributed by atoms with van der Waals surface area (Å²) in [5, 5.41) is 10.2. The first kappa shape index (κ1) is 14.2. The summed E-state index contributed by atoms with van der Waals surface area (Å²) in [6.07, 6.45) is 3.90. The third-order valence-electron chi connectivity index (χ3n) is 5.74. The first-order valence-electron chi connectivity index (χ1n) is 8.36. The number of halogens is 1. The second-order valence-corrected chi connectivity index (χ2v) is 7.19. The van der Waals surface area contributed by atoms with E-state index in [0.717, 1.165) is 24.8 Å². The average molecular weight is 303 g/mol. The second kappa shape index (κ2) is 5.34. The van der Waals surface area contributed by atoms with Gasteiger partial charge in [0.15, 0.2) is 0 Å². The summed E-state index contributed by atoms with van der Waals surface area (Å²) in [6, 6.07) is 6.53. The molecule has 0 aromatic heterocycles. The van der Waals surface area contributed by atoms with Gasteiger partial charge in [0.1, 0.15) is 5.82 Å². The van der Waals surface area contributed by atoms with E-state index in [-0.39, 0.29) is 41.5 Å². The van der Waals surface area contributed by atoms with Crippen molar-refractivity contribution in [3.05, 3.63) is 35.6 Å². The minimum Gasteiger partial charge on any atom is -0.392 e. The van der Waals surface area contributed by atoms with Gasteiger partial charge in [0, 0.05) is 30.8 Å². The normalized spacial score (nSPS) is 37.0. The molecule has 1 N–H and O–H groups in total. The number of aliphatic hydroxyl groups excluding tert-OH is 1. The van der Waals surface area contributed by atoms with Gasteiger partial charge in [-0.05, 0) is 42.9 Å². The fourth-order valence-corrected chi connectivity index (χ4v) is 4.37. The van der Waals surface area contributed by atoms with E-state index in [4.69, 9.17) is 0 Å². The molecular formula is C18H22FNO2. The van der Waals surface area contributed by atoms with Crippen LogP contribution in [0.25, 0.3) is 0 Å². The minimum absolute atomic E-state index is 0.0569. The number of hydrogen-bond donors (Lipinski definition) is 1. The van der Waals surface area contributed by atoms with E-state index in [9.17, 15) is 14.3 Å². The van der Waals surface area contributed by atoms with Crippen molar-refractivity contribution in [1.29, 1.82) is 0 Å². The van der Waals surface area contributed by atoms with E-state index >= 15 is 0 Å². The van der Waals surface area contributed by atoms with Crippen molar-refractivity contribution in [2.24, 2.45) is 17.8 Å². The van der Waals surface area contributed by atoms with E-state index in [1.54, 1.807) is 12.1 Å². The van der Waals surface area contributed by atoms with Gasteiger partial charge in [0.05, 0.1) is 6.10 Å². The van der Waals surface area contributed by atoms with Crippen molar-refractivity contribution in [2.45, 2.75) is 37.7 Å². The van der Waals surface area contributed by atoms with Gasteiger partial charge >= 0.3 is 0 Å². The molecule has 22 heavy (non-hydrogen) atoms. The fraction of sp³-hybridized carbons (Fsp3) is 0.611. The van der Waals surface area contributed by atoms with Crippen LogP contribution in [-0.2, 0) is 4.79 Å². The first-order valence-corrected chi connectivity index (χ1v) is 8.36. The number of carbonyl (C=O) groups is 1. The molecule has 4 rings (SSSR count). The summed E-state index contributed by atoms with van der Waals surface area (Å²) in [5.41, 5.74) is 1.07. The molecule has 2 aliphatic carbocycles. The molecular weight excluding hydrogens is 281 g/mol. The molecule has 0 spiro atoms. The maximum Gasteiger partial charge on any atom is 0.226 e. The molecule has 1 aromatic carbocycles. The number of aliphatic hydroxyl groups is 1. The zero-order valence-electron chi connectivity index (χ0n) is 12.6. The largest absolute Gasteiger partial charge is 0.392 e. The fourth-order valence-electron chi connectivity index (χ4n) is 4.37. The zero-order chi connectivity index (χ0) is 15.3. The summed E-state index contributed by atoms with van der Waals surface area (Å²) in [7, 11) is 0. The van der Waals surface area contributed by atoms with Crippen LogP contribution in [0.3, 0.4) is 0 Å². The lowest BCUT2D eigenvalue weighted by Gasteiger charge is -2.45. The standard InChI is InChI=1S/C18H22FNO2/c19-14-6-4-11(5-7-14)15-8-16(15)18(22)20-9-12-2-1-3-13(10-20)17(12)21/h4-7,12-13,15-17,21H,1-3,8-10H2/t12-,13+,15-,16+,17?/m0/s1. The molecule has 1 unspecified atom stereocenters. The lowest BCUT2D eigenvalue weighted by molar-refractivity contribution is -0.141. The highest BCUT2D eigenvalue weighted by Crippen LogP contribution is 2.49. The van der Waals surface area contributed by atoms with Gasteiger partial charge < -0.3 is 10.0 Å². The molecule has 118 valence electrons. The van der Waals surface area contributed by atoms with Crippen LogP contribution < -0.4 is 0 Å². The van der Waals surface area contributed by atoms with E-state index in [1.165, 1.54) is 18.6 Å². The van der Waals surface area contributed by atoms with Gasteiger partial charge in [-0.25, -0.2) is 4.39 Å². The Hall–Kier alpha value is -1.42. The monoisotopic (exact) mass is 303 g/mol. The van der Waals surface area contributed by atoms with Gasteiger partial charge in [-0.1, -0.05) is 18.6 Å². The van der Waals surface area contributed by atoms with E-state index in [1.807, 2.05) is 4.90 Å². The Morgan fingerprint density at radius 1 is 1.14 bits per heavy atom. The first-order chi connectivity index (χ1) is 10.6. The smallest absolute Gasteiger partial charge is 0.226 e. The van der Waals surface area contributed by atoms with Crippen LogP contribution in [0.5, 0.6) is 0 Å². The van der Waals surface area contributed by atoms with Crippen molar-refractivity contribution in [3.8, 4) is 0 Å². The summed E-state index contributed by atoms with van der Waals surface area (Å²) in [6.45, 7) is 1.42. The summed E-state index contributed by atoms with van der Waals surface area (Å²) < 4.78 is 13.0. The van der Waals surface area contributed by atoms with Gasteiger partial charge in [-0.15, -0.1) is 0 Å². The molecule has 1 heterocycles. The Bertz CT molecular complexity index is 559. The minimum atomic E-state index is -0.231. The molecule has 1 aliphatic heterocycles. The van der Waals surface area contributed by atoms with Crippen LogP contribution in [0.15, 0.2) is 24.3 Å². The summed E-state index contributed by atoms with van der Waals surface area (Å²) in [5.74, 6) is 0.836. The molecule has 3 aliphatic rings. The SMILES string of the molecule is O=C([C@@H]1C[C@H]1c1ccc(F)cc1)N1C[C@H]2CCC[C@@H](C1)C2O. The van der Waals surface area contributed by atoms with Crippen molar-refractivity contribution in [1.82, 2.24) is 4.90 Å². The Balaban J connectivity index is 1.42. The van der Waals surface area contributed by atoms with Crippen molar-refractivity contribution in [3.63, 3.8) is 0 Å². The van der Waals surface area contributed by atoms with Gasteiger partial charge in [0.2, 0.25) is 5.91 Å². The van der Waals surface area contributed by atoms with Gasteiger partial charge in [-0.3, -0.25) is 4.79 Å². The highest BCUT2D eigenvalue weighted by molar-refractivity contribution is 5.83. The number of amides is 1. The average Bonchev–Trinajstić information content (AvgIpc) is 3.27. The molecule has 1 aromatic rings. The third-order valence-corrected chi connectivity index (χ3v) is 5.74. The highest BCUT2D eigenvalue weighted by atomic mass is 19.1. The zero-order valence-corrected chi connectivity index (χ0v) is 12.6. The third kappa shape index (κ3) is 2.43. The number of fused-ring (bicyclic) bond motifs is 2. The Morgan fingerprint density at radius 3 is 2.41 bits per heavy atom. The van der Waals surface area contributed by atoms with Crippen molar-refractivity contribution >= 4 is 5.91 Å².